The molecule has 0 aromatic heterocycles. The number of rotatable bonds is 8. The maximum absolute atomic E-state index is 13.4. The Morgan fingerprint density at radius 3 is 2.49 bits per heavy atom. The number of methoxy groups -OCH3 is 1. The van der Waals surface area contributed by atoms with E-state index in [4.69, 9.17) is 9.73 Å². The summed E-state index contributed by atoms with van der Waals surface area (Å²) in [6.45, 7) is 4.46. The fourth-order valence-electron chi connectivity index (χ4n) is 3.90. The van der Waals surface area contributed by atoms with E-state index in [1.54, 1.807) is 12.0 Å². The molecule has 0 aliphatic carbocycles. The molecule has 1 atom stereocenters. The van der Waals surface area contributed by atoms with Gasteiger partial charge in [0.2, 0.25) is 11.8 Å². The molecule has 1 fully saturated rings. The van der Waals surface area contributed by atoms with Gasteiger partial charge in [0.15, 0.2) is 5.17 Å². The molecule has 35 heavy (non-hydrogen) atoms. The molecule has 2 amide bonds. The van der Waals surface area contributed by atoms with Gasteiger partial charge in [0.05, 0.1) is 12.8 Å². The third-order valence-electron chi connectivity index (χ3n) is 5.81. The average Bonchev–Trinajstić information content (AvgIpc) is 3.14. The average molecular weight is 488 g/mol. The van der Waals surface area contributed by atoms with Crippen LogP contribution in [-0.4, -0.2) is 40.8 Å². The van der Waals surface area contributed by atoms with Gasteiger partial charge in [-0.2, -0.15) is 0 Å². The lowest BCUT2D eigenvalue weighted by Crippen LogP contribution is -2.35. The van der Waals surface area contributed by atoms with Crippen molar-refractivity contribution < 1.29 is 14.3 Å². The molecule has 0 unspecified atom stereocenters. The quantitative estimate of drug-likeness (QED) is 0.455. The lowest BCUT2D eigenvalue weighted by molar-refractivity contribution is -0.128. The van der Waals surface area contributed by atoms with Crippen molar-refractivity contribution in [1.82, 2.24) is 4.90 Å². The highest BCUT2D eigenvalue weighted by Crippen LogP contribution is 2.32. The van der Waals surface area contributed by atoms with Crippen LogP contribution >= 0.6 is 11.8 Å². The number of aryl methyl sites for hydroxylation is 2. The van der Waals surface area contributed by atoms with E-state index in [1.165, 1.54) is 11.8 Å². The van der Waals surface area contributed by atoms with Crippen LogP contribution in [0.25, 0.3) is 0 Å². The summed E-state index contributed by atoms with van der Waals surface area (Å²) in [5.74, 6) is 0.524. The monoisotopic (exact) mass is 487 g/mol. The molecule has 0 saturated carbocycles. The van der Waals surface area contributed by atoms with Gasteiger partial charge in [0.25, 0.3) is 0 Å². The number of anilines is 1. The summed E-state index contributed by atoms with van der Waals surface area (Å²) in [7, 11) is 1.64. The maximum atomic E-state index is 13.4. The summed E-state index contributed by atoms with van der Waals surface area (Å²) in [5.41, 5.74) is 4.77. The number of carbonyl (C=O) groups is 2. The smallest absolute Gasteiger partial charge is 0.242 e. The molecule has 1 aliphatic rings. The van der Waals surface area contributed by atoms with E-state index in [0.717, 1.165) is 33.8 Å². The van der Waals surface area contributed by atoms with Crippen LogP contribution in [0.5, 0.6) is 5.75 Å². The number of amidine groups is 1. The van der Waals surface area contributed by atoms with Crippen molar-refractivity contribution in [3.63, 3.8) is 0 Å². The van der Waals surface area contributed by atoms with Gasteiger partial charge in [-0.15, -0.1) is 0 Å². The number of thioether (sulfide) groups is 1. The highest BCUT2D eigenvalue weighted by Gasteiger charge is 2.39. The number of hydrogen-bond donors (Lipinski definition) is 1. The number of hydrogen-bond acceptors (Lipinski definition) is 5. The Labute approximate surface area is 210 Å². The molecule has 1 N–H and O–H groups in total. The van der Waals surface area contributed by atoms with Crippen LogP contribution in [0, 0.1) is 13.8 Å². The van der Waals surface area contributed by atoms with Gasteiger partial charge in [-0.1, -0.05) is 59.8 Å². The molecular formula is C28H29N3O3S. The van der Waals surface area contributed by atoms with Gasteiger partial charge < -0.3 is 10.1 Å². The molecule has 1 heterocycles. The minimum atomic E-state index is -0.515. The van der Waals surface area contributed by atoms with Crippen LogP contribution in [0.3, 0.4) is 0 Å². The summed E-state index contributed by atoms with van der Waals surface area (Å²) < 4.78 is 5.23. The topological polar surface area (TPSA) is 71.0 Å². The summed E-state index contributed by atoms with van der Waals surface area (Å²) in [5, 5.41) is 3.07. The van der Waals surface area contributed by atoms with E-state index < -0.39 is 5.25 Å². The Hall–Kier alpha value is -3.58. The Morgan fingerprint density at radius 1 is 1.06 bits per heavy atom. The number of aliphatic imine (C=N–C) groups is 1. The zero-order chi connectivity index (χ0) is 24.8. The van der Waals surface area contributed by atoms with Gasteiger partial charge >= 0.3 is 0 Å². The summed E-state index contributed by atoms with van der Waals surface area (Å²) in [4.78, 5) is 32.6. The molecule has 7 heteroatoms. The Balaban J connectivity index is 1.48. The number of nitrogens with one attached hydrogen (secondary N) is 1. The first kappa shape index (κ1) is 24.5. The first-order valence-corrected chi connectivity index (χ1v) is 12.4. The van der Waals surface area contributed by atoms with Gasteiger partial charge in [0.1, 0.15) is 11.0 Å². The predicted octanol–water partition coefficient (Wildman–Crippen LogP) is 5.52. The summed E-state index contributed by atoms with van der Waals surface area (Å²) in [6, 6.07) is 23.3. The van der Waals surface area contributed by atoms with Crippen molar-refractivity contribution in [2.45, 2.75) is 31.9 Å². The van der Waals surface area contributed by atoms with E-state index in [1.807, 2.05) is 86.6 Å². The fraction of sp³-hybridized carbons (Fsp3) is 0.250. The summed E-state index contributed by atoms with van der Waals surface area (Å²) in [6.07, 6.45) is 0.759. The highest BCUT2D eigenvalue weighted by atomic mass is 32.2. The third-order valence-corrected chi connectivity index (χ3v) is 6.99. The van der Waals surface area contributed by atoms with Crippen LogP contribution in [0.1, 0.15) is 23.1 Å². The van der Waals surface area contributed by atoms with Gasteiger partial charge in [-0.3, -0.25) is 14.5 Å². The van der Waals surface area contributed by atoms with Crippen molar-refractivity contribution in [3.8, 4) is 5.75 Å². The standard InChI is InChI=1S/C28H29N3O3S/c1-19-9-14-24(20(2)17-19)30-26(32)18-25-27(33)31(16-15-21-10-12-23(34-3)13-11-21)28(35-25)29-22-7-5-4-6-8-22/h4-14,17,25H,15-16,18H2,1-3H3,(H,30,32)/t25-/m1/s1. The number of amides is 2. The number of ether oxygens (including phenoxy) is 1. The van der Waals surface area contributed by atoms with Crippen LogP contribution in [-0.2, 0) is 16.0 Å². The highest BCUT2D eigenvalue weighted by molar-refractivity contribution is 8.15. The molecule has 0 spiro atoms. The van der Waals surface area contributed by atoms with Crippen LogP contribution in [0.15, 0.2) is 77.8 Å². The number of nitrogens with zero attached hydrogens (tertiary/aromatic N) is 2. The molecule has 4 rings (SSSR count). The summed E-state index contributed by atoms with van der Waals surface area (Å²) >= 11 is 1.35. The Bertz CT molecular complexity index is 1230. The fourth-order valence-corrected chi connectivity index (χ4v) is 5.08. The van der Waals surface area contributed by atoms with E-state index in [9.17, 15) is 9.59 Å². The second-order valence-corrected chi connectivity index (χ2v) is 9.66. The van der Waals surface area contributed by atoms with Gasteiger partial charge in [-0.25, -0.2) is 4.99 Å². The molecule has 3 aromatic carbocycles. The first-order chi connectivity index (χ1) is 16.9. The zero-order valence-electron chi connectivity index (χ0n) is 20.2. The van der Waals surface area contributed by atoms with E-state index in [0.29, 0.717) is 18.1 Å². The molecule has 1 saturated heterocycles. The van der Waals surface area contributed by atoms with Gasteiger partial charge in [-0.05, 0) is 61.7 Å². The molecule has 0 bridgehead atoms. The maximum Gasteiger partial charge on any atom is 0.242 e. The number of carbonyl (C=O) groups excluding carboxylic acids is 2. The number of benzene rings is 3. The minimum Gasteiger partial charge on any atom is -0.497 e. The molecular weight excluding hydrogens is 458 g/mol. The third kappa shape index (κ3) is 6.31. The molecule has 180 valence electrons. The van der Waals surface area contributed by atoms with Crippen LogP contribution < -0.4 is 10.1 Å². The van der Waals surface area contributed by atoms with Crippen molar-refractivity contribution in [2.75, 3.05) is 19.0 Å². The molecule has 6 nitrogen and oxygen atoms in total. The normalized spacial score (nSPS) is 16.5. The van der Waals surface area contributed by atoms with E-state index >= 15 is 0 Å². The molecule has 1 aliphatic heterocycles. The molecule has 3 aromatic rings. The van der Waals surface area contributed by atoms with Crippen molar-refractivity contribution in [3.05, 3.63) is 89.5 Å². The SMILES string of the molecule is COc1ccc(CCN2C(=O)[C@@H](CC(=O)Nc3ccc(C)cc3C)SC2=Nc2ccccc2)cc1. The largest absolute Gasteiger partial charge is 0.497 e. The second-order valence-electron chi connectivity index (χ2n) is 8.50. The van der Waals surface area contributed by atoms with E-state index in [2.05, 4.69) is 5.32 Å². The zero-order valence-corrected chi connectivity index (χ0v) is 21.0. The lowest BCUT2D eigenvalue weighted by atomic mass is 10.1. The predicted molar refractivity (Wildman–Crippen MR) is 142 cm³/mol. The molecule has 0 radical (unpaired) electrons. The second kappa shape index (κ2) is 11.2. The Kier molecular flexibility index (Phi) is 7.87. The van der Waals surface area contributed by atoms with Crippen molar-refractivity contribution >= 4 is 40.1 Å². The first-order valence-electron chi connectivity index (χ1n) is 11.5. The minimum absolute atomic E-state index is 0.0870. The van der Waals surface area contributed by atoms with E-state index in [-0.39, 0.29) is 18.2 Å². The Morgan fingerprint density at radius 2 is 1.80 bits per heavy atom. The van der Waals surface area contributed by atoms with Crippen molar-refractivity contribution in [2.24, 2.45) is 4.99 Å². The van der Waals surface area contributed by atoms with Crippen LogP contribution in [0.2, 0.25) is 0 Å². The number of para-hydroxylation sites is 1. The van der Waals surface area contributed by atoms with Crippen LogP contribution in [0.4, 0.5) is 11.4 Å². The van der Waals surface area contributed by atoms with Gasteiger partial charge in [0, 0.05) is 18.7 Å². The van der Waals surface area contributed by atoms with Crippen molar-refractivity contribution in [1.29, 1.82) is 0 Å². The lowest BCUT2D eigenvalue weighted by Gasteiger charge is -2.17.